The van der Waals surface area contributed by atoms with E-state index in [2.05, 4.69) is 20.8 Å². The Morgan fingerprint density at radius 1 is 1.29 bits per heavy atom. The van der Waals surface area contributed by atoms with Gasteiger partial charge in [0.15, 0.2) is 0 Å². The fourth-order valence-corrected chi connectivity index (χ4v) is 2.43. The van der Waals surface area contributed by atoms with E-state index in [9.17, 15) is 4.79 Å². The molecule has 0 aromatic heterocycles. The maximum atomic E-state index is 11.5. The summed E-state index contributed by atoms with van der Waals surface area (Å²) in [4.78, 5) is 11.5. The standard InChI is InChI=1S/C15H26O2/c1-11(2)17-14(16)10-12-6-8-13(9-7-12)15(3,4)5/h10-11,13H,6-9H2,1-5H3. The van der Waals surface area contributed by atoms with E-state index in [0.29, 0.717) is 5.41 Å². The second kappa shape index (κ2) is 5.70. The summed E-state index contributed by atoms with van der Waals surface area (Å²) in [5.74, 6) is 0.602. The molecule has 17 heavy (non-hydrogen) atoms. The molecule has 0 unspecified atom stereocenters. The molecular formula is C15H26O2. The Morgan fingerprint density at radius 2 is 1.82 bits per heavy atom. The number of carbonyl (C=O) groups is 1. The van der Waals surface area contributed by atoms with Gasteiger partial charge in [-0.3, -0.25) is 0 Å². The number of ether oxygens (including phenoxy) is 1. The average molecular weight is 238 g/mol. The van der Waals surface area contributed by atoms with Crippen LogP contribution in [-0.4, -0.2) is 12.1 Å². The lowest BCUT2D eigenvalue weighted by molar-refractivity contribution is -0.141. The zero-order valence-corrected chi connectivity index (χ0v) is 11.9. The molecule has 1 aliphatic carbocycles. The first-order chi connectivity index (χ1) is 7.79. The van der Waals surface area contributed by atoms with Gasteiger partial charge in [0, 0.05) is 6.08 Å². The molecular weight excluding hydrogens is 212 g/mol. The van der Waals surface area contributed by atoms with Gasteiger partial charge >= 0.3 is 5.97 Å². The van der Waals surface area contributed by atoms with Crippen LogP contribution in [0.5, 0.6) is 0 Å². The predicted octanol–water partition coefficient (Wildman–Crippen LogP) is 4.10. The van der Waals surface area contributed by atoms with Crippen molar-refractivity contribution in [1.82, 2.24) is 0 Å². The van der Waals surface area contributed by atoms with Gasteiger partial charge in [-0.1, -0.05) is 26.3 Å². The summed E-state index contributed by atoms with van der Waals surface area (Å²) in [5.41, 5.74) is 1.65. The summed E-state index contributed by atoms with van der Waals surface area (Å²) in [6, 6.07) is 0. The van der Waals surface area contributed by atoms with E-state index < -0.39 is 0 Å². The molecule has 0 saturated heterocycles. The van der Waals surface area contributed by atoms with Gasteiger partial charge in [0.25, 0.3) is 0 Å². The van der Waals surface area contributed by atoms with Crippen LogP contribution in [0.1, 0.15) is 60.3 Å². The molecule has 0 aromatic rings. The Bertz CT molecular complexity index is 285. The van der Waals surface area contributed by atoms with Crippen molar-refractivity contribution in [3.63, 3.8) is 0 Å². The van der Waals surface area contributed by atoms with Crippen LogP contribution in [0.15, 0.2) is 11.6 Å². The van der Waals surface area contributed by atoms with Gasteiger partial charge in [0.2, 0.25) is 0 Å². The molecule has 1 fully saturated rings. The van der Waals surface area contributed by atoms with E-state index in [1.807, 2.05) is 13.8 Å². The van der Waals surface area contributed by atoms with Gasteiger partial charge in [0.1, 0.15) is 0 Å². The number of allylic oxidation sites excluding steroid dienone is 1. The summed E-state index contributed by atoms with van der Waals surface area (Å²) in [6.07, 6.45) is 6.18. The van der Waals surface area contributed by atoms with Crippen molar-refractivity contribution in [1.29, 1.82) is 0 Å². The first-order valence-corrected chi connectivity index (χ1v) is 6.69. The lowest BCUT2D eigenvalue weighted by Crippen LogP contribution is -2.23. The first-order valence-electron chi connectivity index (χ1n) is 6.69. The van der Waals surface area contributed by atoms with E-state index in [-0.39, 0.29) is 12.1 Å². The molecule has 2 nitrogen and oxygen atoms in total. The molecule has 0 spiro atoms. The van der Waals surface area contributed by atoms with Crippen LogP contribution < -0.4 is 0 Å². The molecule has 0 amide bonds. The Hall–Kier alpha value is -0.790. The van der Waals surface area contributed by atoms with Gasteiger partial charge in [-0.15, -0.1) is 0 Å². The van der Waals surface area contributed by atoms with Crippen LogP contribution in [0.3, 0.4) is 0 Å². The molecule has 0 bridgehead atoms. The maximum Gasteiger partial charge on any atom is 0.330 e. The third-order valence-electron chi connectivity index (χ3n) is 3.53. The molecule has 1 saturated carbocycles. The van der Waals surface area contributed by atoms with Gasteiger partial charge in [-0.2, -0.15) is 0 Å². The number of hydrogen-bond donors (Lipinski definition) is 0. The normalized spacial score (nSPS) is 21.5. The molecule has 1 aliphatic rings. The molecule has 0 heterocycles. The van der Waals surface area contributed by atoms with Crippen molar-refractivity contribution in [3.8, 4) is 0 Å². The van der Waals surface area contributed by atoms with Crippen LogP contribution in [-0.2, 0) is 9.53 Å². The van der Waals surface area contributed by atoms with Crippen molar-refractivity contribution < 1.29 is 9.53 Å². The summed E-state index contributed by atoms with van der Waals surface area (Å²) in [5, 5.41) is 0. The van der Waals surface area contributed by atoms with E-state index in [0.717, 1.165) is 18.8 Å². The van der Waals surface area contributed by atoms with Gasteiger partial charge < -0.3 is 4.74 Å². The topological polar surface area (TPSA) is 26.3 Å². The molecule has 0 N–H and O–H groups in total. The monoisotopic (exact) mass is 238 g/mol. The van der Waals surface area contributed by atoms with Crippen LogP contribution >= 0.6 is 0 Å². The van der Waals surface area contributed by atoms with Gasteiger partial charge in [-0.25, -0.2) is 4.79 Å². The van der Waals surface area contributed by atoms with E-state index >= 15 is 0 Å². The van der Waals surface area contributed by atoms with E-state index in [1.165, 1.54) is 18.4 Å². The quantitative estimate of drug-likeness (QED) is 0.535. The van der Waals surface area contributed by atoms with Crippen LogP contribution in [0.25, 0.3) is 0 Å². The molecule has 0 aromatic carbocycles. The highest BCUT2D eigenvalue weighted by Crippen LogP contribution is 2.39. The minimum atomic E-state index is -0.177. The number of rotatable bonds is 2. The fraction of sp³-hybridized carbons (Fsp3) is 0.800. The minimum absolute atomic E-state index is 0.0229. The SMILES string of the molecule is CC(C)OC(=O)C=C1CCC(C(C)(C)C)CC1. The highest BCUT2D eigenvalue weighted by molar-refractivity contribution is 5.82. The summed E-state index contributed by atoms with van der Waals surface area (Å²) >= 11 is 0. The number of esters is 1. The second-order valence-corrected chi connectivity index (χ2v) is 6.43. The number of hydrogen-bond acceptors (Lipinski definition) is 2. The summed E-state index contributed by atoms with van der Waals surface area (Å²) in [6.45, 7) is 10.7. The van der Waals surface area contributed by atoms with Crippen LogP contribution in [0, 0.1) is 11.3 Å². The van der Waals surface area contributed by atoms with Crippen molar-refractivity contribution >= 4 is 5.97 Å². The predicted molar refractivity (Wildman–Crippen MR) is 70.7 cm³/mol. The van der Waals surface area contributed by atoms with Gasteiger partial charge in [-0.05, 0) is 50.9 Å². The molecule has 1 rings (SSSR count). The van der Waals surface area contributed by atoms with Crippen LogP contribution in [0.2, 0.25) is 0 Å². The molecule has 0 radical (unpaired) electrons. The Kier molecular flexibility index (Phi) is 4.79. The third kappa shape index (κ3) is 4.93. The Balaban J connectivity index is 2.46. The molecule has 0 aliphatic heterocycles. The smallest absolute Gasteiger partial charge is 0.330 e. The second-order valence-electron chi connectivity index (χ2n) is 6.43. The molecule has 98 valence electrons. The minimum Gasteiger partial charge on any atom is -0.460 e. The molecule has 0 atom stereocenters. The third-order valence-corrected chi connectivity index (χ3v) is 3.53. The molecule has 2 heteroatoms. The summed E-state index contributed by atoms with van der Waals surface area (Å²) in [7, 11) is 0. The number of carbonyl (C=O) groups excluding carboxylic acids is 1. The largest absolute Gasteiger partial charge is 0.460 e. The Labute approximate surface area is 105 Å². The average Bonchev–Trinajstić information content (AvgIpc) is 2.15. The van der Waals surface area contributed by atoms with E-state index in [4.69, 9.17) is 4.74 Å². The van der Waals surface area contributed by atoms with Crippen molar-refractivity contribution in [2.45, 2.75) is 66.4 Å². The lowest BCUT2D eigenvalue weighted by Gasteiger charge is -2.34. The Morgan fingerprint density at radius 3 is 2.24 bits per heavy atom. The highest BCUT2D eigenvalue weighted by atomic mass is 16.5. The van der Waals surface area contributed by atoms with Crippen molar-refractivity contribution in [2.75, 3.05) is 0 Å². The van der Waals surface area contributed by atoms with Gasteiger partial charge in [0.05, 0.1) is 6.10 Å². The lowest BCUT2D eigenvalue weighted by atomic mass is 9.71. The zero-order valence-electron chi connectivity index (χ0n) is 11.9. The van der Waals surface area contributed by atoms with Crippen molar-refractivity contribution in [3.05, 3.63) is 11.6 Å². The zero-order chi connectivity index (χ0) is 13.1. The first kappa shape index (κ1) is 14.3. The van der Waals surface area contributed by atoms with E-state index in [1.54, 1.807) is 6.08 Å². The van der Waals surface area contributed by atoms with Crippen molar-refractivity contribution in [2.24, 2.45) is 11.3 Å². The summed E-state index contributed by atoms with van der Waals surface area (Å²) < 4.78 is 5.13. The van der Waals surface area contributed by atoms with Crippen LogP contribution in [0.4, 0.5) is 0 Å². The fourth-order valence-electron chi connectivity index (χ4n) is 2.43. The highest BCUT2D eigenvalue weighted by Gasteiger charge is 2.27. The maximum absolute atomic E-state index is 11.5.